The van der Waals surface area contributed by atoms with Crippen LogP contribution in [0, 0.1) is 0 Å². The molecule has 0 aliphatic rings. The van der Waals surface area contributed by atoms with Crippen molar-refractivity contribution >= 4 is 16.7 Å². The predicted octanol–water partition coefficient (Wildman–Crippen LogP) is 2.28. The van der Waals surface area contributed by atoms with Gasteiger partial charge in [-0.05, 0) is 19.1 Å². The summed E-state index contributed by atoms with van der Waals surface area (Å²) in [5, 5.41) is 8.26. The molecular formula is C19H19N3O3. The van der Waals surface area contributed by atoms with Crippen molar-refractivity contribution in [2.75, 3.05) is 7.11 Å². The number of aromatic nitrogens is 2. The lowest BCUT2D eigenvalue weighted by Gasteiger charge is -2.17. The molecule has 0 radical (unpaired) electrons. The molecule has 1 N–H and O–H groups in total. The largest absolute Gasteiger partial charge is 0.496 e. The van der Waals surface area contributed by atoms with Crippen molar-refractivity contribution < 1.29 is 9.53 Å². The maximum atomic E-state index is 12.4. The van der Waals surface area contributed by atoms with Crippen LogP contribution in [0.3, 0.4) is 0 Å². The Morgan fingerprint density at radius 1 is 1.20 bits per heavy atom. The van der Waals surface area contributed by atoms with E-state index in [1.807, 2.05) is 43.3 Å². The Bertz CT molecular complexity index is 965. The van der Waals surface area contributed by atoms with Gasteiger partial charge in [0.2, 0.25) is 5.91 Å². The molecule has 128 valence electrons. The fourth-order valence-corrected chi connectivity index (χ4v) is 2.77. The Morgan fingerprint density at radius 3 is 2.72 bits per heavy atom. The van der Waals surface area contributed by atoms with Crippen LogP contribution in [0.5, 0.6) is 5.75 Å². The van der Waals surface area contributed by atoms with Gasteiger partial charge >= 0.3 is 0 Å². The number of ether oxygens (including phenoxy) is 1. The highest BCUT2D eigenvalue weighted by Crippen LogP contribution is 2.24. The van der Waals surface area contributed by atoms with Crippen molar-refractivity contribution in [1.82, 2.24) is 15.1 Å². The number of amides is 1. The first-order valence-corrected chi connectivity index (χ1v) is 7.97. The zero-order valence-corrected chi connectivity index (χ0v) is 14.1. The molecule has 1 heterocycles. The lowest BCUT2D eigenvalue weighted by Crippen LogP contribution is -2.35. The SMILES string of the molecule is COc1ccccc1C(C)NC(=O)Cn1ncc2ccccc2c1=O. The molecule has 6 nitrogen and oxygen atoms in total. The van der Waals surface area contributed by atoms with Crippen LogP contribution in [-0.4, -0.2) is 22.8 Å². The van der Waals surface area contributed by atoms with Gasteiger partial charge in [-0.25, -0.2) is 4.68 Å². The first kappa shape index (κ1) is 16.7. The van der Waals surface area contributed by atoms with Crippen LogP contribution < -0.4 is 15.6 Å². The first-order valence-electron chi connectivity index (χ1n) is 7.97. The monoisotopic (exact) mass is 337 g/mol. The standard InChI is InChI=1S/C19H19N3O3/c1-13(15-8-5-6-10-17(15)25-2)21-18(23)12-22-19(24)16-9-4-3-7-14(16)11-20-22/h3-11,13H,12H2,1-2H3,(H,21,23). The molecule has 2 aromatic carbocycles. The van der Waals surface area contributed by atoms with Crippen molar-refractivity contribution in [2.24, 2.45) is 0 Å². The maximum absolute atomic E-state index is 12.4. The van der Waals surface area contributed by atoms with E-state index in [2.05, 4.69) is 10.4 Å². The summed E-state index contributed by atoms with van der Waals surface area (Å²) in [4.78, 5) is 24.8. The van der Waals surface area contributed by atoms with Crippen LogP contribution in [0.15, 0.2) is 59.5 Å². The van der Waals surface area contributed by atoms with E-state index in [0.29, 0.717) is 11.1 Å². The summed E-state index contributed by atoms with van der Waals surface area (Å²) in [6.07, 6.45) is 1.59. The summed E-state index contributed by atoms with van der Waals surface area (Å²) in [5.41, 5.74) is 0.593. The number of benzene rings is 2. The third-order valence-corrected chi connectivity index (χ3v) is 4.04. The second-order valence-corrected chi connectivity index (χ2v) is 5.73. The number of fused-ring (bicyclic) bond motifs is 1. The second-order valence-electron chi connectivity index (χ2n) is 5.73. The number of hydrogen-bond donors (Lipinski definition) is 1. The number of nitrogens with one attached hydrogen (secondary N) is 1. The molecule has 3 rings (SSSR count). The molecule has 0 aliphatic carbocycles. The molecule has 6 heteroatoms. The molecule has 1 aromatic heterocycles. The van der Waals surface area contributed by atoms with Crippen LogP contribution in [0.1, 0.15) is 18.5 Å². The van der Waals surface area contributed by atoms with Crippen molar-refractivity contribution in [3.05, 3.63) is 70.6 Å². The number of carbonyl (C=O) groups is 1. The van der Waals surface area contributed by atoms with Crippen LogP contribution in [0.2, 0.25) is 0 Å². The Morgan fingerprint density at radius 2 is 1.92 bits per heavy atom. The molecule has 1 atom stereocenters. The summed E-state index contributed by atoms with van der Waals surface area (Å²) >= 11 is 0. The molecule has 0 spiro atoms. The lowest BCUT2D eigenvalue weighted by molar-refractivity contribution is -0.122. The van der Waals surface area contributed by atoms with E-state index in [9.17, 15) is 9.59 Å². The average molecular weight is 337 g/mol. The highest BCUT2D eigenvalue weighted by molar-refractivity contribution is 5.81. The number of rotatable bonds is 5. The van der Waals surface area contributed by atoms with Gasteiger partial charge in [0.1, 0.15) is 12.3 Å². The van der Waals surface area contributed by atoms with Gasteiger partial charge in [0.25, 0.3) is 5.56 Å². The molecule has 1 unspecified atom stereocenters. The fraction of sp³-hybridized carbons (Fsp3) is 0.211. The Labute approximate surface area is 145 Å². The van der Waals surface area contributed by atoms with Crippen LogP contribution in [0.25, 0.3) is 10.8 Å². The van der Waals surface area contributed by atoms with Gasteiger partial charge in [-0.2, -0.15) is 5.10 Å². The van der Waals surface area contributed by atoms with Crippen molar-refractivity contribution in [2.45, 2.75) is 19.5 Å². The lowest BCUT2D eigenvalue weighted by atomic mass is 10.1. The van der Waals surface area contributed by atoms with Crippen molar-refractivity contribution in [1.29, 1.82) is 0 Å². The van der Waals surface area contributed by atoms with E-state index in [0.717, 1.165) is 10.9 Å². The molecule has 0 fully saturated rings. The Hall–Kier alpha value is -3.15. The van der Waals surface area contributed by atoms with Gasteiger partial charge in [-0.15, -0.1) is 0 Å². The zero-order chi connectivity index (χ0) is 17.8. The molecule has 0 saturated heterocycles. The minimum atomic E-state index is -0.289. The highest BCUT2D eigenvalue weighted by atomic mass is 16.5. The summed E-state index contributed by atoms with van der Waals surface area (Å²) < 4.78 is 6.49. The molecule has 25 heavy (non-hydrogen) atoms. The minimum Gasteiger partial charge on any atom is -0.496 e. The highest BCUT2D eigenvalue weighted by Gasteiger charge is 2.15. The van der Waals surface area contributed by atoms with Gasteiger partial charge in [0.15, 0.2) is 0 Å². The van der Waals surface area contributed by atoms with E-state index in [1.165, 1.54) is 4.68 Å². The molecular weight excluding hydrogens is 318 g/mol. The number of nitrogens with zero attached hydrogens (tertiary/aromatic N) is 2. The summed E-state index contributed by atoms with van der Waals surface area (Å²) in [5.74, 6) is 0.416. The fourth-order valence-electron chi connectivity index (χ4n) is 2.77. The van der Waals surface area contributed by atoms with Crippen molar-refractivity contribution in [3.8, 4) is 5.75 Å². The predicted molar refractivity (Wildman–Crippen MR) is 95.6 cm³/mol. The van der Waals surface area contributed by atoms with Gasteiger partial charge in [0.05, 0.1) is 24.7 Å². The van der Waals surface area contributed by atoms with Crippen LogP contribution in [-0.2, 0) is 11.3 Å². The second kappa shape index (κ2) is 7.17. The van der Waals surface area contributed by atoms with Crippen LogP contribution in [0.4, 0.5) is 0 Å². The number of hydrogen-bond acceptors (Lipinski definition) is 4. The van der Waals surface area contributed by atoms with E-state index >= 15 is 0 Å². The Balaban J connectivity index is 1.77. The summed E-state index contributed by atoms with van der Waals surface area (Å²) in [6.45, 7) is 1.73. The third-order valence-electron chi connectivity index (χ3n) is 4.04. The number of para-hydroxylation sites is 1. The average Bonchev–Trinajstić information content (AvgIpc) is 2.64. The van der Waals surface area contributed by atoms with E-state index in [4.69, 9.17) is 4.74 Å². The van der Waals surface area contributed by atoms with E-state index < -0.39 is 0 Å². The number of methoxy groups -OCH3 is 1. The Kier molecular flexibility index (Phi) is 4.79. The quantitative estimate of drug-likeness (QED) is 0.775. The van der Waals surface area contributed by atoms with Gasteiger partial charge < -0.3 is 10.1 Å². The van der Waals surface area contributed by atoms with Crippen LogP contribution >= 0.6 is 0 Å². The maximum Gasteiger partial charge on any atom is 0.275 e. The summed E-state index contributed by atoms with van der Waals surface area (Å²) in [7, 11) is 1.59. The molecule has 0 bridgehead atoms. The molecule has 0 aliphatic heterocycles. The smallest absolute Gasteiger partial charge is 0.275 e. The number of carbonyl (C=O) groups excluding carboxylic acids is 1. The van der Waals surface area contributed by atoms with E-state index in [-0.39, 0.29) is 24.1 Å². The normalized spacial score (nSPS) is 11.9. The van der Waals surface area contributed by atoms with Gasteiger partial charge in [-0.1, -0.05) is 36.4 Å². The minimum absolute atomic E-state index is 0.136. The molecule has 1 amide bonds. The molecule has 3 aromatic rings. The first-order chi connectivity index (χ1) is 12.1. The van der Waals surface area contributed by atoms with Crippen molar-refractivity contribution in [3.63, 3.8) is 0 Å². The van der Waals surface area contributed by atoms with Gasteiger partial charge in [0, 0.05) is 10.9 Å². The van der Waals surface area contributed by atoms with Gasteiger partial charge in [-0.3, -0.25) is 9.59 Å². The topological polar surface area (TPSA) is 73.2 Å². The van der Waals surface area contributed by atoms with E-state index in [1.54, 1.807) is 25.4 Å². The third kappa shape index (κ3) is 3.52. The molecule has 0 saturated carbocycles. The zero-order valence-electron chi connectivity index (χ0n) is 14.1. The summed E-state index contributed by atoms with van der Waals surface area (Å²) in [6, 6.07) is 14.4.